The molecule has 0 aromatic heterocycles. The summed E-state index contributed by atoms with van der Waals surface area (Å²) in [5.41, 5.74) is 1.83. The monoisotopic (exact) mass is 386 g/mol. The molecule has 0 spiro atoms. The van der Waals surface area contributed by atoms with Crippen molar-refractivity contribution in [3.05, 3.63) is 52.3 Å². The zero-order valence-corrected chi connectivity index (χ0v) is 16.3. The minimum absolute atomic E-state index is 0.0562. The molecule has 28 heavy (non-hydrogen) atoms. The third kappa shape index (κ3) is 3.28. The zero-order chi connectivity index (χ0) is 20.6. The van der Waals surface area contributed by atoms with Crippen LogP contribution in [0.15, 0.2) is 24.3 Å². The molecule has 1 aliphatic heterocycles. The standard InChI is InChI=1S/C21H23FN2O4/c1-11(2)14-7-12(5-6-15(14)25)16(26)10-24-9-13-8-17(27-3)20(28-4)19(22)18(13)21(24)23/h5-8,11,23,25H,9-10H2,1-4H3. The van der Waals surface area contributed by atoms with Crippen molar-refractivity contribution in [2.75, 3.05) is 20.8 Å². The molecule has 148 valence electrons. The number of hydrogen-bond acceptors (Lipinski definition) is 5. The van der Waals surface area contributed by atoms with E-state index < -0.39 is 5.82 Å². The van der Waals surface area contributed by atoms with Gasteiger partial charge < -0.3 is 19.5 Å². The molecule has 1 heterocycles. The molecule has 2 N–H and O–H groups in total. The van der Waals surface area contributed by atoms with Crippen LogP contribution in [0, 0.1) is 11.2 Å². The van der Waals surface area contributed by atoms with Crippen molar-refractivity contribution in [1.82, 2.24) is 4.90 Å². The average molecular weight is 386 g/mol. The van der Waals surface area contributed by atoms with Crippen LogP contribution in [0.2, 0.25) is 0 Å². The van der Waals surface area contributed by atoms with E-state index in [9.17, 15) is 14.3 Å². The summed E-state index contributed by atoms with van der Waals surface area (Å²) in [5, 5.41) is 18.3. The summed E-state index contributed by atoms with van der Waals surface area (Å²) in [6, 6.07) is 6.36. The molecule has 0 saturated heterocycles. The molecule has 0 fully saturated rings. The first-order valence-corrected chi connectivity index (χ1v) is 8.91. The number of phenols is 1. The predicted molar refractivity (Wildman–Crippen MR) is 103 cm³/mol. The maximum atomic E-state index is 14.8. The maximum Gasteiger partial charge on any atom is 0.197 e. The van der Waals surface area contributed by atoms with Crippen molar-refractivity contribution in [1.29, 1.82) is 5.41 Å². The van der Waals surface area contributed by atoms with E-state index in [0.29, 0.717) is 16.7 Å². The van der Waals surface area contributed by atoms with Gasteiger partial charge in [-0.05, 0) is 41.3 Å². The third-order valence-electron chi connectivity index (χ3n) is 4.91. The number of hydrogen-bond donors (Lipinski definition) is 2. The number of amidine groups is 1. The van der Waals surface area contributed by atoms with E-state index in [1.54, 1.807) is 18.2 Å². The van der Waals surface area contributed by atoms with Crippen molar-refractivity contribution < 1.29 is 23.8 Å². The summed E-state index contributed by atoms with van der Waals surface area (Å²) < 4.78 is 25.0. The van der Waals surface area contributed by atoms with E-state index >= 15 is 0 Å². The maximum absolute atomic E-state index is 14.8. The van der Waals surface area contributed by atoms with E-state index in [0.717, 1.165) is 0 Å². The van der Waals surface area contributed by atoms with Crippen molar-refractivity contribution >= 4 is 11.6 Å². The van der Waals surface area contributed by atoms with Gasteiger partial charge in [0.2, 0.25) is 0 Å². The second kappa shape index (κ2) is 7.50. The fourth-order valence-corrected chi connectivity index (χ4v) is 3.41. The van der Waals surface area contributed by atoms with Crippen LogP contribution in [0.4, 0.5) is 4.39 Å². The minimum Gasteiger partial charge on any atom is -0.508 e. The molecule has 0 saturated carbocycles. The molecule has 6 nitrogen and oxygen atoms in total. The normalized spacial score (nSPS) is 13.1. The van der Waals surface area contributed by atoms with Crippen LogP contribution in [-0.2, 0) is 6.54 Å². The molecule has 2 aromatic rings. The number of aromatic hydroxyl groups is 1. The number of nitrogens with one attached hydrogen (secondary N) is 1. The molecule has 0 aliphatic carbocycles. The number of halogens is 1. The van der Waals surface area contributed by atoms with Crippen LogP contribution in [0.5, 0.6) is 17.2 Å². The summed E-state index contributed by atoms with van der Waals surface area (Å²) >= 11 is 0. The number of carbonyl (C=O) groups excluding carboxylic acids is 1. The minimum atomic E-state index is -0.663. The summed E-state index contributed by atoms with van der Waals surface area (Å²) in [7, 11) is 2.76. The fourth-order valence-electron chi connectivity index (χ4n) is 3.41. The highest BCUT2D eigenvalue weighted by molar-refractivity contribution is 6.05. The van der Waals surface area contributed by atoms with Gasteiger partial charge in [-0.3, -0.25) is 10.2 Å². The summed E-state index contributed by atoms with van der Waals surface area (Å²) in [5.74, 6) is -0.531. The van der Waals surface area contributed by atoms with Crippen LogP contribution in [-0.4, -0.2) is 42.4 Å². The van der Waals surface area contributed by atoms with E-state index in [2.05, 4.69) is 0 Å². The number of ether oxygens (including phenoxy) is 2. The molecule has 2 aromatic carbocycles. The Bertz CT molecular complexity index is 956. The zero-order valence-electron chi connectivity index (χ0n) is 16.3. The Morgan fingerprint density at radius 1 is 1.29 bits per heavy atom. The molecule has 0 bridgehead atoms. The number of benzene rings is 2. The van der Waals surface area contributed by atoms with Crippen LogP contribution in [0.25, 0.3) is 0 Å². The molecule has 1 aliphatic rings. The van der Waals surface area contributed by atoms with Crippen molar-refractivity contribution in [2.24, 2.45) is 0 Å². The van der Waals surface area contributed by atoms with Gasteiger partial charge in [0.1, 0.15) is 11.6 Å². The van der Waals surface area contributed by atoms with Crippen LogP contribution in [0.3, 0.4) is 0 Å². The van der Waals surface area contributed by atoms with Gasteiger partial charge in [-0.15, -0.1) is 0 Å². The largest absolute Gasteiger partial charge is 0.508 e. The van der Waals surface area contributed by atoms with Gasteiger partial charge in [0, 0.05) is 12.1 Å². The van der Waals surface area contributed by atoms with Gasteiger partial charge in [0.25, 0.3) is 0 Å². The number of methoxy groups -OCH3 is 2. The number of carbonyl (C=O) groups is 1. The third-order valence-corrected chi connectivity index (χ3v) is 4.91. The first kappa shape index (κ1) is 19.7. The van der Waals surface area contributed by atoms with Gasteiger partial charge in [-0.1, -0.05) is 13.8 Å². The molecule has 0 unspecified atom stereocenters. The Morgan fingerprint density at radius 2 is 2.00 bits per heavy atom. The number of fused-ring (bicyclic) bond motifs is 1. The molecule has 3 rings (SSSR count). The van der Waals surface area contributed by atoms with Gasteiger partial charge in [-0.2, -0.15) is 0 Å². The molecular formula is C21H23FN2O4. The number of nitrogens with zero attached hydrogens (tertiary/aromatic N) is 1. The lowest BCUT2D eigenvalue weighted by Crippen LogP contribution is -2.30. The first-order chi connectivity index (χ1) is 13.3. The summed E-state index contributed by atoms with van der Waals surface area (Å²) in [4.78, 5) is 14.3. The molecule has 0 radical (unpaired) electrons. The predicted octanol–water partition coefficient (Wildman–Crippen LogP) is 3.70. The van der Waals surface area contributed by atoms with Gasteiger partial charge in [0.05, 0.1) is 26.3 Å². The Kier molecular flexibility index (Phi) is 5.27. The molecule has 0 atom stereocenters. The Hall–Kier alpha value is -3.09. The Morgan fingerprint density at radius 3 is 2.61 bits per heavy atom. The van der Waals surface area contributed by atoms with Crippen LogP contribution in [0.1, 0.15) is 46.8 Å². The second-order valence-corrected chi connectivity index (χ2v) is 7.02. The van der Waals surface area contributed by atoms with Gasteiger partial charge >= 0.3 is 0 Å². The molecular weight excluding hydrogens is 363 g/mol. The Balaban J connectivity index is 1.87. The molecule has 0 amide bonds. The smallest absolute Gasteiger partial charge is 0.197 e. The van der Waals surface area contributed by atoms with Crippen LogP contribution >= 0.6 is 0 Å². The van der Waals surface area contributed by atoms with Crippen molar-refractivity contribution in [2.45, 2.75) is 26.3 Å². The second-order valence-electron chi connectivity index (χ2n) is 7.02. The SMILES string of the molecule is COc1cc2c(c(F)c1OC)C(=N)N(CC(=O)c1ccc(O)c(C(C)C)c1)C2. The highest BCUT2D eigenvalue weighted by Gasteiger charge is 2.32. The molecule has 7 heteroatoms. The summed E-state index contributed by atoms with van der Waals surface area (Å²) in [6.45, 7) is 4.02. The highest BCUT2D eigenvalue weighted by Crippen LogP contribution is 2.38. The number of ketones is 1. The lowest BCUT2D eigenvalue weighted by Gasteiger charge is -2.17. The Labute approximate surface area is 163 Å². The number of rotatable bonds is 6. The number of Topliss-reactive ketones (excluding diaryl/α,β-unsaturated/α-hetero) is 1. The van der Waals surface area contributed by atoms with Gasteiger partial charge in [0.15, 0.2) is 23.1 Å². The van der Waals surface area contributed by atoms with Crippen molar-refractivity contribution in [3.63, 3.8) is 0 Å². The van der Waals surface area contributed by atoms with Crippen molar-refractivity contribution in [3.8, 4) is 17.2 Å². The summed E-state index contributed by atoms with van der Waals surface area (Å²) in [6.07, 6.45) is 0. The van der Waals surface area contributed by atoms with E-state index in [1.165, 1.54) is 25.2 Å². The highest BCUT2D eigenvalue weighted by atomic mass is 19.1. The first-order valence-electron chi connectivity index (χ1n) is 8.91. The lowest BCUT2D eigenvalue weighted by atomic mass is 9.98. The van der Waals surface area contributed by atoms with Gasteiger partial charge in [-0.25, -0.2) is 4.39 Å². The lowest BCUT2D eigenvalue weighted by molar-refractivity contribution is 0.0962. The fraction of sp³-hybridized carbons (Fsp3) is 0.333. The van der Waals surface area contributed by atoms with E-state index in [1.807, 2.05) is 13.8 Å². The van der Waals surface area contributed by atoms with E-state index in [4.69, 9.17) is 14.9 Å². The van der Waals surface area contributed by atoms with E-state index in [-0.39, 0.29) is 53.4 Å². The topological polar surface area (TPSA) is 82.9 Å². The number of phenolic OH excluding ortho intramolecular Hbond substituents is 1. The quantitative estimate of drug-likeness (QED) is 0.740. The average Bonchev–Trinajstić information content (AvgIpc) is 2.97. The van der Waals surface area contributed by atoms with Crippen LogP contribution < -0.4 is 9.47 Å².